The quantitative estimate of drug-likeness (QED) is 0.534. The van der Waals surface area contributed by atoms with Crippen LogP contribution in [0.2, 0.25) is 18.1 Å². The van der Waals surface area contributed by atoms with Crippen molar-refractivity contribution in [2.45, 2.75) is 83.7 Å². The number of carbonyl (C=O) groups is 1. The SMILES string of the molecule is CC(C)(C)OC(=O)N1CCC2(C=C(O[Si](C)(C)C(C)(C)C)c3cc(-c4noc(=O)[nH]4)ccc3O2)CC1. The number of benzene rings is 1. The molecule has 1 fully saturated rings. The summed E-state index contributed by atoms with van der Waals surface area (Å²) in [6, 6.07) is 5.62. The van der Waals surface area contributed by atoms with Crippen LogP contribution in [0.5, 0.6) is 5.75 Å². The highest BCUT2D eigenvalue weighted by atomic mass is 28.4. The summed E-state index contributed by atoms with van der Waals surface area (Å²) >= 11 is 0. The molecule has 1 N–H and O–H groups in total. The van der Waals surface area contributed by atoms with Crippen LogP contribution < -0.4 is 10.5 Å². The molecule has 3 heterocycles. The van der Waals surface area contributed by atoms with Gasteiger partial charge in [-0.2, -0.15) is 0 Å². The third-order valence-electron chi connectivity index (χ3n) is 7.10. The second kappa shape index (κ2) is 8.83. The Hall–Kier alpha value is -3.01. The standard InChI is InChI=1S/C26H37N3O6Si/c1-24(2,3)33-23(31)29-13-11-26(12-14-29)16-20(35-36(7,8)25(4,5)6)18-15-17(9-10-19(18)32-26)21-27-22(30)34-28-21/h9-10,15-16H,11-14H2,1-8H3,(H,27,28,30). The molecule has 0 radical (unpaired) electrons. The Morgan fingerprint density at radius 3 is 2.36 bits per heavy atom. The van der Waals surface area contributed by atoms with Gasteiger partial charge in [0.05, 0.1) is 5.56 Å². The van der Waals surface area contributed by atoms with Gasteiger partial charge in [0.2, 0.25) is 8.32 Å². The molecule has 36 heavy (non-hydrogen) atoms. The number of likely N-dealkylation sites (tertiary alicyclic amines) is 1. The lowest BCUT2D eigenvalue weighted by Gasteiger charge is -2.44. The summed E-state index contributed by atoms with van der Waals surface area (Å²) in [5.41, 5.74) is 0.375. The van der Waals surface area contributed by atoms with Gasteiger partial charge in [0, 0.05) is 37.6 Å². The van der Waals surface area contributed by atoms with Gasteiger partial charge < -0.3 is 18.8 Å². The van der Waals surface area contributed by atoms with Crippen molar-refractivity contribution in [3.63, 3.8) is 0 Å². The Kier molecular flexibility index (Phi) is 6.39. The van der Waals surface area contributed by atoms with Crippen molar-refractivity contribution in [1.29, 1.82) is 0 Å². The molecule has 0 bridgehead atoms. The molecule has 2 aliphatic heterocycles. The van der Waals surface area contributed by atoms with E-state index in [1.54, 1.807) is 4.90 Å². The topological polar surface area (TPSA) is 107 Å². The van der Waals surface area contributed by atoms with Crippen molar-refractivity contribution >= 4 is 20.2 Å². The summed E-state index contributed by atoms with van der Waals surface area (Å²) < 4.78 is 23.7. The Morgan fingerprint density at radius 1 is 1.14 bits per heavy atom. The van der Waals surface area contributed by atoms with Gasteiger partial charge in [0.15, 0.2) is 5.82 Å². The minimum absolute atomic E-state index is 0.00545. The number of H-pyrrole nitrogens is 1. The average molecular weight is 516 g/mol. The smallest absolute Gasteiger partial charge is 0.439 e. The third-order valence-corrected chi connectivity index (χ3v) is 11.4. The van der Waals surface area contributed by atoms with Crippen molar-refractivity contribution in [3.8, 4) is 17.1 Å². The maximum Gasteiger partial charge on any atom is 0.439 e. The molecule has 2 aromatic rings. The van der Waals surface area contributed by atoms with Crippen LogP contribution in [-0.4, -0.2) is 53.7 Å². The first-order valence-electron chi connectivity index (χ1n) is 12.4. The largest absolute Gasteiger partial charge is 0.543 e. The highest BCUT2D eigenvalue weighted by Gasteiger charge is 2.45. The average Bonchev–Trinajstić information content (AvgIpc) is 3.18. The van der Waals surface area contributed by atoms with E-state index in [0.717, 1.165) is 11.3 Å². The monoisotopic (exact) mass is 515 g/mol. The molecule has 0 aliphatic carbocycles. The van der Waals surface area contributed by atoms with E-state index in [1.165, 1.54) is 0 Å². The van der Waals surface area contributed by atoms with Gasteiger partial charge in [-0.15, -0.1) is 0 Å². The van der Waals surface area contributed by atoms with Crippen LogP contribution >= 0.6 is 0 Å². The van der Waals surface area contributed by atoms with Crippen molar-refractivity contribution < 1.29 is 23.2 Å². The van der Waals surface area contributed by atoms with E-state index in [1.807, 2.05) is 39.0 Å². The zero-order valence-electron chi connectivity index (χ0n) is 22.5. The van der Waals surface area contributed by atoms with Crippen LogP contribution in [0.3, 0.4) is 0 Å². The van der Waals surface area contributed by atoms with Crippen molar-refractivity contribution in [1.82, 2.24) is 15.0 Å². The molecule has 1 spiro atoms. The minimum Gasteiger partial charge on any atom is -0.543 e. The first-order valence-corrected chi connectivity index (χ1v) is 15.3. The normalized spacial score (nSPS) is 17.8. The van der Waals surface area contributed by atoms with E-state index in [9.17, 15) is 9.59 Å². The number of amides is 1. The number of rotatable bonds is 3. The molecule has 1 aromatic heterocycles. The Balaban J connectivity index is 1.67. The van der Waals surface area contributed by atoms with Crippen LogP contribution in [0.4, 0.5) is 4.79 Å². The zero-order valence-corrected chi connectivity index (χ0v) is 23.5. The van der Waals surface area contributed by atoms with Crippen molar-refractivity contribution in [2.75, 3.05) is 13.1 Å². The Labute approximate surface area is 212 Å². The van der Waals surface area contributed by atoms with Gasteiger partial charge in [0.1, 0.15) is 22.7 Å². The van der Waals surface area contributed by atoms with E-state index < -0.39 is 25.3 Å². The lowest BCUT2D eigenvalue weighted by molar-refractivity contribution is -0.00166. The van der Waals surface area contributed by atoms with Crippen LogP contribution in [0, 0.1) is 0 Å². The molecular formula is C26H37N3O6Si. The minimum atomic E-state index is -2.19. The fourth-order valence-corrected chi connectivity index (χ4v) is 5.06. The van der Waals surface area contributed by atoms with Crippen molar-refractivity contribution in [3.05, 3.63) is 40.4 Å². The summed E-state index contributed by atoms with van der Waals surface area (Å²) in [5, 5.41) is 3.82. The lowest BCUT2D eigenvalue weighted by atomic mass is 9.87. The molecule has 1 aromatic carbocycles. The molecule has 0 unspecified atom stereocenters. The molecule has 196 valence electrons. The number of hydrogen-bond acceptors (Lipinski definition) is 7. The van der Waals surface area contributed by atoms with Crippen LogP contribution in [0.25, 0.3) is 17.1 Å². The summed E-state index contributed by atoms with van der Waals surface area (Å²) in [5.74, 6) is 1.20. The lowest BCUT2D eigenvalue weighted by Crippen LogP contribution is -2.51. The van der Waals surface area contributed by atoms with Gasteiger partial charge in [-0.1, -0.05) is 25.9 Å². The molecule has 0 atom stereocenters. The van der Waals surface area contributed by atoms with Crippen molar-refractivity contribution in [2.24, 2.45) is 0 Å². The summed E-state index contributed by atoms with van der Waals surface area (Å²) in [4.78, 5) is 28.4. The van der Waals surface area contributed by atoms with Gasteiger partial charge in [-0.3, -0.25) is 9.51 Å². The number of fused-ring (bicyclic) bond motifs is 1. The number of piperidine rings is 1. The Bertz CT molecular complexity index is 1220. The molecular weight excluding hydrogens is 478 g/mol. The van der Waals surface area contributed by atoms with E-state index in [4.69, 9.17) is 18.4 Å². The number of carbonyl (C=O) groups excluding carboxylic acids is 1. The predicted octanol–water partition coefficient (Wildman–Crippen LogP) is 5.55. The predicted molar refractivity (Wildman–Crippen MR) is 139 cm³/mol. The second-order valence-electron chi connectivity index (χ2n) is 12.2. The molecule has 0 saturated carbocycles. The number of aromatic nitrogens is 2. The van der Waals surface area contributed by atoms with Gasteiger partial charge >= 0.3 is 11.8 Å². The number of hydrogen-bond donors (Lipinski definition) is 1. The summed E-state index contributed by atoms with van der Waals surface area (Å²) in [6.45, 7) is 17.7. The molecule has 9 nitrogen and oxygen atoms in total. The maximum atomic E-state index is 12.6. The van der Waals surface area contributed by atoms with Gasteiger partial charge in [-0.25, -0.2) is 9.59 Å². The molecule has 10 heteroatoms. The zero-order chi connectivity index (χ0) is 26.5. The fourth-order valence-electron chi connectivity index (χ4n) is 4.03. The van der Waals surface area contributed by atoms with Gasteiger partial charge in [0.25, 0.3) is 0 Å². The molecule has 2 aliphatic rings. The van der Waals surface area contributed by atoms with E-state index >= 15 is 0 Å². The maximum absolute atomic E-state index is 12.6. The van der Waals surface area contributed by atoms with Crippen LogP contribution in [0.1, 0.15) is 59.9 Å². The third kappa shape index (κ3) is 5.38. The number of aromatic amines is 1. The first-order chi connectivity index (χ1) is 16.6. The number of nitrogens with zero attached hydrogens (tertiary/aromatic N) is 2. The summed E-state index contributed by atoms with van der Waals surface area (Å²) in [7, 11) is -2.19. The fraction of sp³-hybridized carbons (Fsp3) is 0.577. The Morgan fingerprint density at radius 2 is 1.81 bits per heavy atom. The molecule has 1 saturated heterocycles. The molecule has 1 amide bonds. The first kappa shape index (κ1) is 26.1. The number of ether oxygens (including phenoxy) is 2. The second-order valence-corrected chi connectivity index (χ2v) is 16.9. The summed E-state index contributed by atoms with van der Waals surface area (Å²) in [6.07, 6.45) is 3.02. The highest BCUT2D eigenvalue weighted by Crippen LogP contribution is 2.46. The van der Waals surface area contributed by atoms with Crippen LogP contribution in [0.15, 0.2) is 33.6 Å². The van der Waals surface area contributed by atoms with Gasteiger partial charge in [-0.05, 0) is 57.1 Å². The van der Waals surface area contributed by atoms with Crippen LogP contribution in [-0.2, 0) is 9.16 Å². The van der Waals surface area contributed by atoms with E-state index in [0.29, 0.717) is 43.1 Å². The van der Waals surface area contributed by atoms with E-state index in [-0.39, 0.29) is 11.1 Å². The molecule has 4 rings (SSSR count). The van der Waals surface area contributed by atoms with E-state index in [2.05, 4.69) is 50.1 Å². The highest BCUT2D eigenvalue weighted by molar-refractivity contribution is 6.74. The number of nitrogens with one attached hydrogen (secondary N) is 1.